The molecule has 0 aliphatic carbocycles. The third-order valence-electron chi connectivity index (χ3n) is 3.85. The average Bonchev–Trinajstić information content (AvgIpc) is 2.88. The lowest BCUT2D eigenvalue weighted by Crippen LogP contribution is -2.43. The minimum absolute atomic E-state index is 0.198. The number of aliphatic imine (C=N–C) groups is 1. The maximum absolute atomic E-state index is 13.5. The van der Waals surface area contributed by atoms with E-state index in [-0.39, 0.29) is 12.1 Å². The van der Waals surface area contributed by atoms with E-state index in [1.54, 1.807) is 7.05 Å². The molecule has 1 saturated heterocycles. The Morgan fingerprint density at radius 1 is 1.38 bits per heavy atom. The molecular formula is C15H22F2N4. The van der Waals surface area contributed by atoms with Gasteiger partial charge in [0.25, 0.3) is 0 Å². The normalized spacial score (nSPS) is 19.8. The van der Waals surface area contributed by atoms with Gasteiger partial charge in [0.2, 0.25) is 0 Å². The fraction of sp³-hybridized carbons (Fsp3) is 0.533. The maximum Gasteiger partial charge on any atom is 0.191 e. The van der Waals surface area contributed by atoms with E-state index in [0.717, 1.165) is 25.2 Å². The summed E-state index contributed by atoms with van der Waals surface area (Å²) < 4.78 is 26.6. The van der Waals surface area contributed by atoms with Gasteiger partial charge in [-0.2, -0.15) is 0 Å². The molecule has 0 spiro atoms. The molecule has 2 N–H and O–H groups in total. The summed E-state index contributed by atoms with van der Waals surface area (Å²) in [5.74, 6) is -0.266. The van der Waals surface area contributed by atoms with E-state index in [9.17, 15) is 8.78 Å². The highest BCUT2D eigenvalue weighted by molar-refractivity contribution is 5.79. The molecular weight excluding hydrogens is 274 g/mol. The molecule has 116 valence electrons. The van der Waals surface area contributed by atoms with Crippen LogP contribution in [0.25, 0.3) is 0 Å². The predicted octanol–water partition coefficient (Wildman–Crippen LogP) is 1.72. The number of nitrogens with one attached hydrogen (secondary N) is 2. The number of benzene rings is 1. The van der Waals surface area contributed by atoms with Crippen molar-refractivity contribution < 1.29 is 8.78 Å². The molecule has 1 heterocycles. The Kier molecular flexibility index (Phi) is 5.50. The summed E-state index contributed by atoms with van der Waals surface area (Å²) in [6.07, 6.45) is 2.38. The Morgan fingerprint density at radius 2 is 2.19 bits per heavy atom. The van der Waals surface area contributed by atoms with Gasteiger partial charge in [0.15, 0.2) is 5.96 Å². The Morgan fingerprint density at radius 3 is 2.86 bits per heavy atom. The number of hydrogen-bond donors (Lipinski definition) is 2. The van der Waals surface area contributed by atoms with Gasteiger partial charge in [0, 0.05) is 31.7 Å². The number of guanidine groups is 1. The highest BCUT2D eigenvalue weighted by atomic mass is 19.1. The summed E-state index contributed by atoms with van der Waals surface area (Å²) in [5.41, 5.74) is 0.288. The minimum atomic E-state index is -0.441. The van der Waals surface area contributed by atoms with E-state index in [4.69, 9.17) is 0 Å². The zero-order valence-electron chi connectivity index (χ0n) is 12.5. The second kappa shape index (κ2) is 7.36. The topological polar surface area (TPSA) is 39.7 Å². The van der Waals surface area contributed by atoms with Crippen molar-refractivity contribution in [3.05, 3.63) is 35.4 Å². The van der Waals surface area contributed by atoms with Crippen molar-refractivity contribution >= 4 is 5.96 Å². The lowest BCUT2D eigenvalue weighted by molar-refractivity contribution is 0.309. The summed E-state index contributed by atoms with van der Waals surface area (Å²) in [6, 6.07) is 3.94. The summed E-state index contributed by atoms with van der Waals surface area (Å²) in [6.45, 7) is 2.11. The van der Waals surface area contributed by atoms with Crippen molar-refractivity contribution in [3.63, 3.8) is 0 Å². The van der Waals surface area contributed by atoms with E-state index < -0.39 is 11.6 Å². The lowest BCUT2D eigenvalue weighted by Gasteiger charge is -2.21. The fourth-order valence-corrected chi connectivity index (χ4v) is 2.53. The Hall–Kier alpha value is -1.69. The van der Waals surface area contributed by atoms with E-state index >= 15 is 0 Å². The van der Waals surface area contributed by atoms with E-state index in [0.29, 0.717) is 12.0 Å². The lowest BCUT2D eigenvalue weighted by atomic mass is 10.2. The number of nitrogens with zero attached hydrogens (tertiary/aromatic N) is 2. The smallest absolute Gasteiger partial charge is 0.191 e. The van der Waals surface area contributed by atoms with Crippen LogP contribution in [0.15, 0.2) is 23.2 Å². The van der Waals surface area contributed by atoms with Crippen molar-refractivity contribution in [2.24, 2.45) is 4.99 Å². The molecule has 0 saturated carbocycles. The van der Waals surface area contributed by atoms with Crippen LogP contribution >= 0.6 is 0 Å². The average molecular weight is 296 g/mol. The van der Waals surface area contributed by atoms with Crippen LogP contribution in [-0.2, 0) is 6.54 Å². The highest BCUT2D eigenvalue weighted by Gasteiger charge is 2.20. The van der Waals surface area contributed by atoms with Gasteiger partial charge in [-0.25, -0.2) is 8.78 Å². The second-order valence-electron chi connectivity index (χ2n) is 5.32. The van der Waals surface area contributed by atoms with Crippen molar-refractivity contribution in [1.29, 1.82) is 0 Å². The number of likely N-dealkylation sites (N-methyl/N-ethyl adjacent to an activating group) is 1. The number of hydrogen-bond acceptors (Lipinski definition) is 2. The predicted molar refractivity (Wildman–Crippen MR) is 80.2 cm³/mol. The monoisotopic (exact) mass is 296 g/mol. The first-order chi connectivity index (χ1) is 10.1. The van der Waals surface area contributed by atoms with Crippen molar-refractivity contribution in [3.8, 4) is 0 Å². The number of likely N-dealkylation sites (tertiary alicyclic amines) is 1. The van der Waals surface area contributed by atoms with Gasteiger partial charge in [-0.05, 0) is 44.6 Å². The first kappa shape index (κ1) is 15.7. The molecule has 1 fully saturated rings. The Labute approximate surface area is 124 Å². The van der Waals surface area contributed by atoms with Gasteiger partial charge in [0.05, 0.1) is 0 Å². The van der Waals surface area contributed by atoms with E-state index in [1.165, 1.54) is 18.9 Å². The van der Waals surface area contributed by atoms with E-state index in [2.05, 4.69) is 27.6 Å². The molecule has 1 aliphatic heterocycles. The summed E-state index contributed by atoms with van der Waals surface area (Å²) >= 11 is 0. The van der Waals surface area contributed by atoms with Gasteiger partial charge < -0.3 is 15.5 Å². The van der Waals surface area contributed by atoms with Gasteiger partial charge in [0.1, 0.15) is 11.6 Å². The van der Waals surface area contributed by atoms with E-state index in [1.807, 2.05) is 0 Å². The van der Waals surface area contributed by atoms with Gasteiger partial charge in [-0.1, -0.05) is 0 Å². The molecule has 0 amide bonds. The van der Waals surface area contributed by atoms with Crippen LogP contribution in [0.2, 0.25) is 0 Å². The summed E-state index contributed by atoms with van der Waals surface area (Å²) in [4.78, 5) is 6.41. The molecule has 0 bridgehead atoms. The molecule has 0 radical (unpaired) electrons. The maximum atomic E-state index is 13.5. The highest BCUT2D eigenvalue weighted by Crippen LogP contribution is 2.13. The molecule has 1 atom stereocenters. The van der Waals surface area contributed by atoms with Crippen LogP contribution in [0.1, 0.15) is 18.4 Å². The molecule has 1 aliphatic rings. The van der Waals surface area contributed by atoms with Gasteiger partial charge in [-0.15, -0.1) is 0 Å². The number of rotatable bonds is 4. The fourth-order valence-electron chi connectivity index (χ4n) is 2.53. The van der Waals surface area contributed by atoms with Crippen molar-refractivity contribution in [2.45, 2.75) is 25.4 Å². The molecule has 1 unspecified atom stereocenters. The molecule has 1 aromatic rings. The summed E-state index contributed by atoms with van der Waals surface area (Å²) in [5, 5.41) is 6.23. The molecule has 1 aromatic carbocycles. The zero-order chi connectivity index (χ0) is 15.2. The minimum Gasteiger partial charge on any atom is -0.355 e. The SMILES string of the molecule is CN=C(NCc1cc(F)ccc1F)NCC1CCCN1C. The largest absolute Gasteiger partial charge is 0.355 e. The van der Waals surface area contributed by atoms with Crippen LogP contribution in [-0.4, -0.2) is 44.1 Å². The standard InChI is InChI=1S/C15H22F2N4/c1-18-15(20-10-13-4-3-7-21(13)2)19-9-11-8-12(16)5-6-14(11)17/h5-6,8,13H,3-4,7,9-10H2,1-2H3,(H2,18,19,20). The van der Waals surface area contributed by atoms with Gasteiger partial charge in [-0.3, -0.25) is 4.99 Å². The van der Waals surface area contributed by atoms with Crippen LogP contribution in [0.4, 0.5) is 8.78 Å². The number of halogens is 2. The Balaban J connectivity index is 1.84. The molecule has 21 heavy (non-hydrogen) atoms. The first-order valence-corrected chi connectivity index (χ1v) is 7.19. The van der Waals surface area contributed by atoms with Crippen molar-refractivity contribution in [1.82, 2.24) is 15.5 Å². The third kappa shape index (κ3) is 4.39. The van der Waals surface area contributed by atoms with Crippen LogP contribution in [0, 0.1) is 11.6 Å². The van der Waals surface area contributed by atoms with Crippen LogP contribution < -0.4 is 10.6 Å². The van der Waals surface area contributed by atoms with Crippen LogP contribution in [0.3, 0.4) is 0 Å². The van der Waals surface area contributed by atoms with Crippen LogP contribution in [0.5, 0.6) is 0 Å². The second-order valence-corrected chi connectivity index (χ2v) is 5.32. The molecule has 6 heteroatoms. The molecule has 2 rings (SSSR count). The molecule has 0 aromatic heterocycles. The zero-order valence-corrected chi connectivity index (χ0v) is 12.5. The van der Waals surface area contributed by atoms with Gasteiger partial charge >= 0.3 is 0 Å². The summed E-state index contributed by atoms with van der Waals surface area (Å²) in [7, 11) is 3.77. The quantitative estimate of drug-likeness (QED) is 0.656. The molecule has 4 nitrogen and oxygen atoms in total. The third-order valence-corrected chi connectivity index (χ3v) is 3.85. The van der Waals surface area contributed by atoms with Crippen molar-refractivity contribution in [2.75, 3.05) is 27.2 Å². The first-order valence-electron chi connectivity index (χ1n) is 7.19. The Bertz CT molecular complexity index is 504.